The first-order valence-corrected chi connectivity index (χ1v) is 10.8. The number of nitro groups is 1. The maximum Gasteiger partial charge on any atom is 0.274 e. The first kappa shape index (κ1) is 23.2. The van der Waals surface area contributed by atoms with E-state index in [1.54, 1.807) is 38.3 Å². The van der Waals surface area contributed by atoms with E-state index in [1.807, 2.05) is 6.07 Å². The Kier molecular flexibility index (Phi) is 7.02. The molecule has 0 spiro atoms. The maximum absolute atomic E-state index is 12.7. The fourth-order valence-electron chi connectivity index (χ4n) is 3.69. The van der Waals surface area contributed by atoms with Crippen LogP contribution in [0.5, 0.6) is 11.5 Å². The fraction of sp³-hybridized carbons (Fsp3) is 0.348. The van der Waals surface area contributed by atoms with Gasteiger partial charge in [0.15, 0.2) is 17.2 Å². The van der Waals surface area contributed by atoms with Crippen molar-refractivity contribution in [2.24, 2.45) is 0 Å². The van der Waals surface area contributed by atoms with Gasteiger partial charge in [0.1, 0.15) is 6.61 Å². The van der Waals surface area contributed by atoms with E-state index in [-0.39, 0.29) is 24.0 Å². The van der Waals surface area contributed by atoms with Crippen molar-refractivity contribution in [1.82, 2.24) is 20.3 Å². The predicted octanol–water partition coefficient (Wildman–Crippen LogP) is 2.98. The van der Waals surface area contributed by atoms with Gasteiger partial charge in [0.2, 0.25) is 0 Å². The van der Waals surface area contributed by atoms with Crippen molar-refractivity contribution in [2.45, 2.75) is 32.4 Å². The van der Waals surface area contributed by atoms with Gasteiger partial charge in [-0.3, -0.25) is 14.9 Å². The summed E-state index contributed by atoms with van der Waals surface area (Å²) in [5, 5.41) is 21.8. The van der Waals surface area contributed by atoms with Crippen LogP contribution in [0, 0.1) is 17.0 Å². The van der Waals surface area contributed by atoms with Crippen LogP contribution < -0.4 is 14.8 Å². The number of carbonyl (C=O) groups is 1. The Morgan fingerprint density at radius 3 is 2.88 bits per heavy atom. The molecule has 0 bridgehead atoms. The quantitative estimate of drug-likeness (QED) is 0.375. The molecule has 34 heavy (non-hydrogen) atoms. The number of carbonyl (C=O) groups excluding carboxylic acids is 1. The van der Waals surface area contributed by atoms with Crippen LogP contribution in [0.25, 0.3) is 5.69 Å². The lowest BCUT2D eigenvalue weighted by atomic mass is 10.2. The van der Waals surface area contributed by atoms with E-state index in [1.165, 1.54) is 16.8 Å². The molecule has 3 aromatic rings. The van der Waals surface area contributed by atoms with E-state index >= 15 is 0 Å². The van der Waals surface area contributed by atoms with Crippen molar-refractivity contribution in [3.8, 4) is 17.2 Å². The van der Waals surface area contributed by atoms with Gasteiger partial charge in [0.25, 0.3) is 11.6 Å². The molecule has 1 aliphatic rings. The van der Waals surface area contributed by atoms with Gasteiger partial charge in [-0.15, -0.1) is 5.10 Å². The molecule has 178 valence electrons. The van der Waals surface area contributed by atoms with Gasteiger partial charge in [-0.25, -0.2) is 4.68 Å². The normalized spacial score (nSPS) is 15.2. The number of nitrogens with one attached hydrogen (secondary N) is 1. The highest BCUT2D eigenvalue weighted by molar-refractivity contribution is 5.93. The van der Waals surface area contributed by atoms with E-state index in [0.29, 0.717) is 29.5 Å². The van der Waals surface area contributed by atoms with Crippen LogP contribution in [-0.2, 0) is 11.3 Å². The van der Waals surface area contributed by atoms with Gasteiger partial charge < -0.3 is 19.5 Å². The van der Waals surface area contributed by atoms with Crippen molar-refractivity contribution < 1.29 is 23.9 Å². The number of methoxy groups -OCH3 is 1. The second-order valence-corrected chi connectivity index (χ2v) is 7.83. The zero-order chi connectivity index (χ0) is 24.1. The molecule has 2 aromatic carbocycles. The van der Waals surface area contributed by atoms with E-state index in [9.17, 15) is 14.9 Å². The molecule has 11 nitrogen and oxygen atoms in total. The van der Waals surface area contributed by atoms with E-state index in [0.717, 1.165) is 25.0 Å². The summed E-state index contributed by atoms with van der Waals surface area (Å²) in [6.45, 7) is 3.15. The Balaban J connectivity index is 1.41. The van der Waals surface area contributed by atoms with Gasteiger partial charge >= 0.3 is 0 Å². The SMILES string of the molecule is COc1cc(CNC(=O)c2nnn(-c3cccc([N+](=O)[O-])c3)c2C)ccc1OCC1CCCO1. The van der Waals surface area contributed by atoms with Gasteiger partial charge in [-0.1, -0.05) is 17.3 Å². The van der Waals surface area contributed by atoms with Crippen LogP contribution in [0.3, 0.4) is 0 Å². The van der Waals surface area contributed by atoms with Crippen LogP contribution in [-0.4, -0.2) is 52.3 Å². The summed E-state index contributed by atoms with van der Waals surface area (Å²) in [7, 11) is 1.56. The fourth-order valence-corrected chi connectivity index (χ4v) is 3.69. The molecule has 1 unspecified atom stereocenters. The minimum Gasteiger partial charge on any atom is -0.493 e. The topological polar surface area (TPSA) is 131 Å². The number of benzene rings is 2. The molecule has 2 heterocycles. The molecule has 1 aliphatic heterocycles. The summed E-state index contributed by atoms with van der Waals surface area (Å²) >= 11 is 0. The molecule has 0 saturated carbocycles. The maximum atomic E-state index is 12.7. The Bertz CT molecular complexity index is 1190. The van der Waals surface area contributed by atoms with Crippen LogP contribution in [0.15, 0.2) is 42.5 Å². The zero-order valence-corrected chi connectivity index (χ0v) is 18.9. The number of aromatic nitrogens is 3. The third kappa shape index (κ3) is 5.15. The highest BCUT2D eigenvalue weighted by Gasteiger charge is 2.19. The predicted molar refractivity (Wildman–Crippen MR) is 121 cm³/mol. The lowest BCUT2D eigenvalue weighted by Crippen LogP contribution is -2.24. The minimum absolute atomic E-state index is 0.0736. The number of hydrogen-bond donors (Lipinski definition) is 1. The zero-order valence-electron chi connectivity index (χ0n) is 18.9. The summed E-state index contributed by atoms with van der Waals surface area (Å²) in [4.78, 5) is 23.3. The highest BCUT2D eigenvalue weighted by atomic mass is 16.6. The molecule has 1 saturated heterocycles. The van der Waals surface area contributed by atoms with Crippen molar-refractivity contribution in [2.75, 3.05) is 20.3 Å². The molecule has 1 amide bonds. The summed E-state index contributed by atoms with van der Waals surface area (Å²) in [6.07, 6.45) is 2.13. The number of hydrogen-bond acceptors (Lipinski definition) is 8. The Morgan fingerprint density at radius 2 is 2.15 bits per heavy atom. The second kappa shape index (κ2) is 10.3. The van der Waals surface area contributed by atoms with Gasteiger partial charge in [0.05, 0.1) is 29.5 Å². The van der Waals surface area contributed by atoms with Crippen LogP contribution in [0.1, 0.15) is 34.6 Å². The summed E-state index contributed by atoms with van der Waals surface area (Å²) in [5.41, 5.74) is 1.79. The van der Waals surface area contributed by atoms with E-state index < -0.39 is 10.8 Å². The first-order chi connectivity index (χ1) is 16.5. The monoisotopic (exact) mass is 467 g/mol. The highest BCUT2D eigenvalue weighted by Crippen LogP contribution is 2.29. The number of ether oxygens (including phenoxy) is 3. The van der Waals surface area contributed by atoms with Crippen molar-refractivity contribution in [1.29, 1.82) is 0 Å². The largest absolute Gasteiger partial charge is 0.493 e. The van der Waals surface area contributed by atoms with E-state index in [4.69, 9.17) is 14.2 Å². The summed E-state index contributed by atoms with van der Waals surface area (Å²) < 4.78 is 18.3. The Hall–Kier alpha value is -3.99. The molecule has 0 radical (unpaired) electrons. The molecule has 11 heteroatoms. The van der Waals surface area contributed by atoms with Gasteiger partial charge in [-0.2, -0.15) is 0 Å². The number of nitrogens with zero attached hydrogens (tertiary/aromatic N) is 4. The lowest BCUT2D eigenvalue weighted by molar-refractivity contribution is -0.384. The standard InChI is InChI=1S/C23H25N5O6/c1-15-22(25-26-27(15)17-5-3-6-18(12-17)28(30)31)23(29)24-13-16-8-9-20(21(11-16)32-2)34-14-19-7-4-10-33-19/h3,5-6,8-9,11-12,19H,4,7,10,13-14H2,1-2H3,(H,24,29). The number of nitro benzene ring substituents is 1. The molecule has 1 N–H and O–H groups in total. The second-order valence-electron chi connectivity index (χ2n) is 7.83. The third-order valence-electron chi connectivity index (χ3n) is 5.52. The third-order valence-corrected chi connectivity index (χ3v) is 5.52. The minimum atomic E-state index is -0.490. The Labute approximate surface area is 195 Å². The van der Waals surface area contributed by atoms with Gasteiger partial charge in [0, 0.05) is 25.3 Å². The number of rotatable bonds is 9. The van der Waals surface area contributed by atoms with Crippen molar-refractivity contribution >= 4 is 11.6 Å². The van der Waals surface area contributed by atoms with E-state index in [2.05, 4.69) is 15.6 Å². The average molecular weight is 467 g/mol. The summed E-state index contributed by atoms with van der Waals surface area (Å²) in [5.74, 6) is 0.771. The molecule has 0 aliphatic carbocycles. The Morgan fingerprint density at radius 1 is 1.29 bits per heavy atom. The molecular formula is C23H25N5O6. The van der Waals surface area contributed by atoms with Crippen molar-refractivity contribution in [3.63, 3.8) is 0 Å². The number of non-ortho nitro benzene ring substituents is 1. The smallest absolute Gasteiger partial charge is 0.274 e. The molecule has 1 fully saturated rings. The lowest BCUT2D eigenvalue weighted by Gasteiger charge is -2.15. The summed E-state index contributed by atoms with van der Waals surface area (Å²) in [6, 6.07) is 11.4. The number of amides is 1. The molecule has 1 atom stereocenters. The van der Waals surface area contributed by atoms with Crippen LogP contribution in [0.4, 0.5) is 5.69 Å². The van der Waals surface area contributed by atoms with Crippen molar-refractivity contribution in [3.05, 3.63) is 69.5 Å². The van der Waals surface area contributed by atoms with Crippen LogP contribution in [0.2, 0.25) is 0 Å². The first-order valence-electron chi connectivity index (χ1n) is 10.8. The molecule has 1 aromatic heterocycles. The average Bonchev–Trinajstić information content (AvgIpc) is 3.51. The molecular weight excluding hydrogens is 442 g/mol. The molecule has 4 rings (SSSR count). The van der Waals surface area contributed by atoms with Crippen LogP contribution >= 0.6 is 0 Å². The van der Waals surface area contributed by atoms with Gasteiger partial charge in [-0.05, 0) is 43.5 Å².